The standard InChI is InChI=1S/C20H24N6O3.ClH/c1-22-7-4-13-5-8-25(9-6-13)20(28)15-11-14(16-3-2-10-29-16)24-19-17(18(21)27)23-12-26(15)19;/h2-3,10-13,22H,4-9H2,1H3,(H2,21,27);1H. The minimum absolute atomic E-state index is 0. The van der Waals surface area contributed by atoms with Gasteiger partial charge in [0.05, 0.1) is 6.26 Å². The normalized spacial score (nSPS) is 14.6. The van der Waals surface area contributed by atoms with Gasteiger partial charge in [0.25, 0.3) is 11.8 Å². The number of carbonyl (C=O) groups is 2. The average molecular weight is 433 g/mol. The van der Waals surface area contributed by atoms with E-state index in [2.05, 4.69) is 15.3 Å². The second-order valence-corrected chi connectivity index (χ2v) is 7.28. The van der Waals surface area contributed by atoms with Crippen molar-refractivity contribution in [2.24, 2.45) is 11.7 Å². The van der Waals surface area contributed by atoms with E-state index < -0.39 is 5.91 Å². The highest BCUT2D eigenvalue weighted by molar-refractivity contribution is 5.99. The van der Waals surface area contributed by atoms with Gasteiger partial charge in [-0.1, -0.05) is 0 Å². The Kier molecular flexibility index (Phi) is 6.73. The number of carbonyl (C=O) groups excluding carboxylic acids is 2. The van der Waals surface area contributed by atoms with Gasteiger partial charge in [0.2, 0.25) is 0 Å². The molecule has 0 bridgehead atoms. The molecule has 4 heterocycles. The minimum atomic E-state index is -0.694. The number of amides is 2. The number of nitrogens with zero attached hydrogens (tertiary/aromatic N) is 4. The van der Waals surface area contributed by atoms with Crippen LogP contribution in [0.5, 0.6) is 0 Å². The van der Waals surface area contributed by atoms with Crippen molar-refractivity contribution in [3.05, 3.63) is 42.2 Å². The molecule has 0 atom stereocenters. The van der Waals surface area contributed by atoms with Crippen LogP contribution in [0.25, 0.3) is 17.1 Å². The first-order chi connectivity index (χ1) is 14.1. The lowest BCUT2D eigenvalue weighted by atomic mass is 9.93. The van der Waals surface area contributed by atoms with Crippen molar-refractivity contribution in [2.75, 3.05) is 26.7 Å². The third kappa shape index (κ3) is 4.17. The minimum Gasteiger partial charge on any atom is -0.463 e. The first-order valence-electron chi connectivity index (χ1n) is 9.74. The average Bonchev–Trinajstić information content (AvgIpc) is 3.41. The number of primary amides is 1. The van der Waals surface area contributed by atoms with Crippen LogP contribution in [-0.4, -0.2) is 57.8 Å². The van der Waals surface area contributed by atoms with E-state index in [4.69, 9.17) is 10.2 Å². The van der Waals surface area contributed by atoms with Crippen molar-refractivity contribution in [1.29, 1.82) is 0 Å². The van der Waals surface area contributed by atoms with Gasteiger partial charge < -0.3 is 20.4 Å². The molecule has 0 aliphatic carbocycles. The number of hydrogen-bond donors (Lipinski definition) is 2. The number of aromatic nitrogens is 3. The summed E-state index contributed by atoms with van der Waals surface area (Å²) >= 11 is 0. The molecule has 0 radical (unpaired) electrons. The molecule has 0 aromatic carbocycles. The number of fused-ring (bicyclic) bond motifs is 1. The Morgan fingerprint density at radius 1 is 1.33 bits per heavy atom. The molecule has 1 fully saturated rings. The summed E-state index contributed by atoms with van der Waals surface area (Å²) in [6.45, 7) is 2.38. The van der Waals surface area contributed by atoms with Crippen molar-refractivity contribution in [3.8, 4) is 11.5 Å². The first kappa shape index (κ1) is 21.8. The summed E-state index contributed by atoms with van der Waals surface area (Å²) in [6.07, 6.45) is 6.02. The fourth-order valence-electron chi connectivity index (χ4n) is 3.79. The van der Waals surface area contributed by atoms with E-state index in [1.54, 1.807) is 18.2 Å². The van der Waals surface area contributed by atoms with Crippen LogP contribution in [-0.2, 0) is 0 Å². The Hall–Kier alpha value is -2.91. The van der Waals surface area contributed by atoms with Gasteiger partial charge in [-0.05, 0) is 57.0 Å². The van der Waals surface area contributed by atoms with Gasteiger partial charge in [0.1, 0.15) is 17.7 Å². The molecular formula is C20H25ClN6O3. The lowest BCUT2D eigenvalue weighted by Gasteiger charge is -2.32. The number of furan rings is 1. The highest BCUT2D eigenvalue weighted by Crippen LogP contribution is 2.25. The number of rotatable bonds is 6. The zero-order valence-corrected chi connectivity index (χ0v) is 17.5. The van der Waals surface area contributed by atoms with Crippen LogP contribution in [0.3, 0.4) is 0 Å². The largest absolute Gasteiger partial charge is 0.463 e. The third-order valence-electron chi connectivity index (χ3n) is 5.43. The quantitative estimate of drug-likeness (QED) is 0.614. The zero-order valence-electron chi connectivity index (χ0n) is 16.7. The molecule has 1 aliphatic rings. The number of hydrogen-bond acceptors (Lipinski definition) is 6. The smallest absolute Gasteiger partial charge is 0.271 e. The van der Waals surface area contributed by atoms with Crippen molar-refractivity contribution in [1.82, 2.24) is 24.6 Å². The van der Waals surface area contributed by atoms with Crippen molar-refractivity contribution in [2.45, 2.75) is 19.3 Å². The van der Waals surface area contributed by atoms with Crippen LogP contribution in [0.2, 0.25) is 0 Å². The van der Waals surface area contributed by atoms with E-state index in [-0.39, 0.29) is 29.7 Å². The predicted octanol–water partition coefficient (Wildman–Crippen LogP) is 1.97. The third-order valence-corrected chi connectivity index (χ3v) is 5.43. The van der Waals surface area contributed by atoms with E-state index in [0.717, 1.165) is 25.8 Å². The highest BCUT2D eigenvalue weighted by atomic mass is 35.5. The van der Waals surface area contributed by atoms with E-state index >= 15 is 0 Å². The lowest BCUT2D eigenvalue weighted by Crippen LogP contribution is -2.39. The zero-order chi connectivity index (χ0) is 20.4. The van der Waals surface area contributed by atoms with Crippen LogP contribution in [0, 0.1) is 5.92 Å². The summed E-state index contributed by atoms with van der Waals surface area (Å²) in [4.78, 5) is 35.5. The van der Waals surface area contributed by atoms with Crippen molar-refractivity contribution < 1.29 is 14.0 Å². The highest BCUT2D eigenvalue weighted by Gasteiger charge is 2.27. The molecule has 160 valence electrons. The SMILES string of the molecule is CNCCC1CCN(C(=O)c2cc(-c3ccco3)nc3c(C(N)=O)ncn23)CC1.Cl. The fraction of sp³-hybridized carbons (Fsp3) is 0.400. The molecule has 1 aliphatic heterocycles. The Balaban J connectivity index is 0.00000256. The number of piperidine rings is 1. The molecule has 30 heavy (non-hydrogen) atoms. The summed E-state index contributed by atoms with van der Waals surface area (Å²) in [5.74, 6) is 0.312. The Labute approximate surface area is 180 Å². The summed E-state index contributed by atoms with van der Waals surface area (Å²) in [5, 5.41) is 3.18. The van der Waals surface area contributed by atoms with E-state index in [1.807, 2.05) is 11.9 Å². The number of nitrogens with two attached hydrogens (primary N) is 1. The van der Waals surface area contributed by atoms with Gasteiger partial charge in [-0.25, -0.2) is 9.97 Å². The van der Waals surface area contributed by atoms with Crippen LogP contribution in [0.15, 0.2) is 35.2 Å². The van der Waals surface area contributed by atoms with E-state index in [9.17, 15) is 9.59 Å². The molecule has 2 amide bonds. The monoisotopic (exact) mass is 432 g/mol. The second-order valence-electron chi connectivity index (χ2n) is 7.28. The van der Waals surface area contributed by atoms with Gasteiger partial charge in [-0.15, -0.1) is 12.4 Å². The molecule has 1 saturated heterocycles. The van der Waals surface area contributed by atoms with Crippen LogP contribution < -0.4 is 11.1 Å². The summed E-state index contributed by atoms with van der Waals surface area (Å²) in [5.41, 5.74) is 6.55. The molecule has 9 nitrogen and oxygen atoms in total. The maximum absolute atomic E-state index is 13.3. The second kappa shape index (κ2) is 9.27. The summed E-state index contributed by atoms with van der Waals surface area (Å²) < 4.78 is 6.97. The molecule has 3 aromatic heterocycles. The molecule has 0 unspecified atom stereocenters. The topological polar surface area (TPSA) is 119 Å². The van der Waals surface area contributed by atoms with Gasteiger partial charge in [-0.2, -0.15) is 0 Å². The summed E-state index contributed by atoms with van der Waals surface area (Å²) in [7, 11) is 1.95. The Bertz CT molecular complexity index is 1020. The van der Waals surface area contributed by atoms with Crippen LogP contribution >= 0.6 is 12.4 Å². The maximum atomic E-state index is 13.3. The van der Waals surface area contributed by atoms with Gasteiger partial charge >= 0.3 is 0 Å². The number of nitrogens with one attached hydrogen (secondary N) is 1. The van der Waals surface area contributed by atoms with Crippen LogP contribution in [0.4, 0.5) is 0 Å². The van der Waals surface area contributed by atoms with Crippen molar-refractivity contribution in [3.63, 3.8) is 0 Å². The summed E-state index contributed by atoms with van der Waals surface area (Å²) in [6, 6.07) is 5.17. The molecular weight excluding hydrogens is 408 g/mol. The van der Waals surface area contributed by atoms with E-state index in [1.165, 1.54) is 17.0 Å². The molecule has 3 aromatic rings. The Morgan fingerprint density at radius 2 is 2.10 bits per heavy atom. The molecule has 4 rings (SSSR count). The van der Waals surface area contributed by atoms with Crippen molar-refractivity contribution >= 4 is 29.9 Å². The molecule has 10 heteroatoms. The first-order valence-corrected chi connectivity index (χ1v) is 9.74. The Morgan fingerprint density at radius 3 is 2.73 bits per heavy atom. The van der Waals surface area contributed by atoms with Gasteiger partial charge in [0, 0.05) is 13.1 Å². The van der Waals surface area contributed by atoms with Gasteiger partial charge in [0.15, 0.2) is 17.1 Å². The predicted molar refractivity (Wildman–Crippen MR) is 114 cm³/mol. The number of halogens is 1. The fourth-order valence-corrected chi connectivity index (χ4v) is 3.79. The molecule has 0 spiro atoms. The number of likely N-dealkylation sites (tertiary alicyclic amines) is 1. The molecule has 0 saturated carbocycles. The maximum Gasteiger partial charge on any atom is 0.271 e. The molecule has 3 N–H and O–H groups in total. The lowest BCUT2D eigenvalue weighted by molar-refractivity contribution is 0.0679. The number of imidazole rings is 1. The van der Waals surface area contributed by atoms with E-state index in [0.29, 0.717) is 36.2 Å². The van der Waals surface area contributed by atoms with Gasteiger partial charge in [-0.3, -0.25) is 14.0 Å². The van der Waals surface area contributed by atoms with Crippen LogP contribution in [0.1, 0.15) is 40.2 Å².